The molecule has 0 amide bonds. The van der Waals surface area contributed by atoms with Crippen molar-refractivity contribution in [2.45, 2.75) is 18.7 Å². The van der Waals surface area contributed by atoms with Gasteiger partial charge in [-0.15, -0.1) is 0 Å². The van der Waals surface area contributed by atoms with Gasteiger partial charge in [-0.25, -0.2) is 8.42 Å². The smallest absolute Gasteiger partial charge is 0.175 e. The van der Waals surface area contributed by atoms with Gasteiger partial charge >= 0.3 is 0 Å². The van der Waals surface area contributed by atoms with Crippen molar-refractivity contribution in [2.75, 3.05) is 6.26 Å². The third kappa shape index (κ3) is 1.84. The first-order valence-corrected chi connectivity index (χ1v) is 7.42. The Bertz CT molecular complexity index is 754. The molecule has 1 heterocycles. The van der Waals surface area contributed by atoms with Gasteiger partial charge in [0.2, 0.25) is 0 Å². The van der Waals surface area contributed by atoms with E-state index in [2.05, 4.69) is 0 Å². The van der Waals surface area contributed by atoms with Crippen molar-refractivity contribution >= 4 is 26.5 Å². The molecule has 0 spiro atoms. The van der Waals surface area contributed by atoms with Crippen LogP contribution in [0.15, 0.2) is 23.1 Å². The molecule has 2 rings (SSSR count). The number of ketones is 1. The molecule has 0 aliphatic carbocycles. The number of hydrogen-bond acceptors (Lipinski definition) is 3. The van der Waals surface area contributed by atoms with E-state index in [9.17, 15) is 13.2 Å². The second-order valence-corrected chi connectivity index (χ2v) is 6.54. The fourth-order valence-corrected chi connectivity index (χ4v) is 2.87. The maximum atomic E-state index is 11.7. The standard InChI is InChI=1S/C13H15NO3S/c1-8-13(9(2)15)11-7-10(18(4,16)17)5-6-12(11)14(8)3/h5-7H,1-4H3. The van der Waals surface area contributed by atoms with Gasteiger partial charge in [-0.2, -0.15) is 0 Å². The minimum atomic E-state index is -3.26. The highest BCUT2D eigenvalue weighted by molar-refractivity contribution is 7.90. The topological polar surface area (TPSA) is 56.1 Å². The lowest BCUT2D eigenvalue weighted by Gasteiger charge is -2.00. The molecule has 1 aromatic carbocycles. The lowest BCUT2D eigenvalue weighted by atomic mass is 10.1. The van der Waals surface area contributed by atoms with Crippen molar-refractivity contribution in [3.63, 3.8) is 0 Å². The van der Waals surface area contributed by atoms with E-state index in [1.54, 1.807) is 18.2 Å². The van der Waals surface area contributed by atoms with Gasteiger partial charge in [0.1, 0.15) is 0 Å². The molecule has 0 aliphatic heterocycles. The third-order valence-corrected chi connectivity index (χ3v) is 4.35. The Kier molecular flexibility index (Phi) is 2.81. The van der Waals surface area contributed by atoms with Crippen LogP contribution in [0, 0.1) is 6.92 Å². The molecule has 5 heteroatoms. The number of aryl methyl sites for hydroxylation is 1. The van der Waals surface area contributed by atoms with Crippen LogP contribution in [0.2, 0.25) is 0 Å². The first-order chi connectivity index (χ1) is 8.23. The molecule has 0 bridgehead atoms. The van der Waals surface area contributed by atoms with Gasteiger partial charge < -0.3 is 4.57 Å². The predicted octanol–water partition coefficient (Wildman–Crippen LogP) is 2.09. The summed E-state index contributed by atoms with van der Waals surface area (Å²) in [4.78, 5) is 11.9. The summed E-state index contributed by atoms with van der Waals surface area (Å²) in [5.41, 5.74) is 2.31. The van der Waals surface area contributed by atoms with E-state index in [1.165, 1.54) is 6.92 Å². The number of carbonyl (C=O) groups excluding carboxylic acids is 1. The van der Waals surface area contributed by atoms with Crippen molar-refractivity contribution in [2.24, 2.45) is 7.05 Å². The minimum absolute atomic E-state index is 0.0521. The molecule has 0 atom stereocenters. The van der Waals surface area contributed by atoms with Crippen molar-refractivity contribution in [1.82, 2.24) is 4.57 Å². The van der Waals surface area contributed by atoms with Gasteiger partial charge in [-0.1, -0.05) is 0 Å². The van der Waals surface area contributed by atoms with Crippen LogP contribution in [-0.2, 0) is 16.9 Å². The number of fused-ring (bicyclic) bond motifs is 1. The first-order valence-electron chi connectivity index (χ1n) is 5.53. The maximum absolute atomic E-state index is 11.7. The van der Waals surface area contributed by atoms with Crippen LogP contribution >= 0.6 is 0 Å². The Morgan fingerprint density at radius 1 is 1.28 bits per heavy atom. The molecule has 0 unspecified atom stereocenters. The number of rotatable bonds is 2. The number of carbonyl (C=O) groups is 1. The van der Waals surface area contributed by atoms with Crippen LogP contribution in [0.1, 0.15) is 23.0 Å². The molecule has 96 valence electrons. The van der Waals surface area contributed by atoms with Crippen LogP contribution in [0.25, 0.3) is 10.9 Å². The number of benzene rings is 1. The summed E-state index contributed by atoms with van der Waals surface area (Å²) in [6, 6.07) is 4.89. The van der Waals surface area contributed by atoms with Gasteiger partial charge in [-0.05, 0) is 32.0 Å². The molecule has 0 radical (unpaired) electrons. The molecular formula is C13H15NO3S. The third-order valence-electron chi connectivity index (χ3n) is 3.24. The zero-order valence-corrected chi connectivity index (χ0v) is 11.6. The average molecular weight is 265 g/mol. The highest BCUT2D eigenvalue weighted by Crippen LogP contribution is 2.27. The summed E-state index contributed by atoms with van der Waals surface area (Å²) in [5.74, 6) is -0.0521. The minimum Gasteiger partial charge on any atom is -0.347 e. The number of aromatic nitrogens is 1. The zero-order valence-electron chi connectivity index (χ0n) is 10.8. The highest BCUT2D eigenvalue weighted by Gasteiger charge is 2.17. The van der Waals surface area contributed by atoms with E-state index in [1.807, 2.05) is 18.5 Å². The van der Waals surface area contributed by atoms with E-state index in [-0.39, 0.29) is 10.7 Å². The number of sulfone groups is 1. The SMILES string of the molecule is CC(=O)c1c(C)n(C)c2ccc(S(C)(=O)=O)cc12. The van der Waals surface area contributed by atoms with Gasteiger partial charge in [-0.3, -0.25) is 4.79 Å². The Hall–Kier alpha value is -1.62. The van der Waals surface area contributed by atoms with Crippen LogP contribution in [0.4, 0.5) is 0 Å². The Labute approximate surface area is 106 Å². The Morgan fingerprint density at radius 2 is 1.89 bits per heavy atom. The average Bonchev–Trinajstić information content (AvgIpc) is 2.50. The van der Waals surface area contributed by atoms with Crippen LogP contribution < -0.4 is 0 Å². The Morgan fingerprint density at radius 3 is 2.39 bits per heavy atom. The first kappa shape index (κ1) is 12.8. The lowest BCUT2D eigenvalue weighted by Crippen LogP contribution is -1.97. The maximum Gasteiger partial charge on any atom is 0.175 e. The Balaban J connectivity index is 2.93. The van der Waals surface area contributed by atoms with Gasteiger partial charge in [0.05, 0.1) is 4.90 Å². The van der Waals surface area contributed by atoms with Gasteiger partial charge in [0.25, 0.3) is 0 Å². The second-order valence-electron chi connectivity index (χ2n) is 4.53. The molecular weight excluding hydrogens is 250 g/mol. The van der Waals surface area contributed by atoms with Crippen molar-refractivity contribution in [3.05, 3.63) is 29.5 Å². The molecule has 0 fully saturated rings. The fraction of sp³-hybridized carbons (Fsp3) is 0.308. The molecule has 4 nitrogen and oxygen atoms in total. The quantitative estimate of drug-likeness (QED) is 0.781. The van der Waals surface area contributed by atoms with Gasteiger partial charge in [0, 0.05) is 35.5 Å². The lowest BCUT2D eigenvalue weighted by molar-refractivity contribution is 0.101. The number of Topliss-reactive ketones (excluding diaryl/α,β-unsaturated/α-hetero) is 1. The van der Waals surface area contributed by atoms with Crippen molar-refractivity contribution < 1.29 is 13.2 Å². The van der Waals surface area contributed by atoms with Crippen molar-refractivity contribution in [3.8, 4) is 0 Å². The molecule has 18 heavy (non-hydrogen) atoms. The molecule has 0 N–H and O–H groups in total. The van der Waals surface area contributed by atoms with Crippen molar-refractivity contribution in [1.29, 1.82) is 0 Å². The normalized spacial score (nSPS) is 12.0. The summed E-state index contributed by atoms with van der Waals surface area (Å²) in [6.45, 7) is 3.35. The van der Waals surface area contributed by atoms with E-state index in [0.717, 1.165) is 17.5 Å². The molecule has 0 saturated heterocycles. The fourth-order valence-electron chi connectivity index (χ4n) is 2.23. The largest absolute Gasteiger partial charge is 0.347 e. The van der Waals surface area contributed by atoms with Crippen LogP contribution in [0.5, 0.6) is 0 Å². The van der Waals surface area contributed by atoms with E-state index in [4.69, 9.17) is 0 Å². The molecule has 0 aliphatic rings. The summed E-state index contributed by atoms with van der Waals surface area (Å²) >= 11 is 0. The van der Waals surface area contributed by atoms with E-state index < -0.39 is 9.84 Å². The number of nitrogens with zero attached hydrogens (tertiary/aromatic N) is 1. The van der Waals surface area contributed by atoms with Crippen LogP contribution in [-0.4, -0.2) is 25.0 Å². The summed E-state index contributed by atoms with van der Waals surface area (Å²) in [5, 5.41) is 0.699. The molecule has 2 aromatic rings. The van der Waals surface area contributed by atoms with E-state index >= 15 is 0 Å². The van der Waals surface area contributed by atoms with Crippen LogP contribution in [0.3, 0.4) is 0 Å². The summed E-state index contributed by atoms with van der Waals surface area (Å²) in [6.07, 6.45) is 1.16. The molecule has 0 saturated carbocycles. The monoisotopic (exact) mass is 265 g/mol. The molecule has 1 aromatic heterocycles. The summed E-state index contributed by atoms with van der Waals surface area (Å²) in [7, 11) is -1.40. The van der Waals surface area contributed by atoms with E-state index in [0.29, 0.717) is 10.9 Å². The zero-order chi connectivity index (χ0) is 13.7. The number of hydrogen-bond donors (Lipinski definition) is 0. The summed E-state index contributed by atoms with van der Waals surface area (Å²) < 4.78 is 25.0. The second kappa shape index (κ2) is 3.95. The van der Waals surface area contributed by atoms with Gasteiger partial charge in [0.15, 0.2) is 15.6 Å². The highest BCUT2D eigenvalue weighted by atomic mass is 32.2. The predicted molar refractivity (Wildman–Crippen MR) is 70.8 cm³/mol.